The molecule has 0 radical (unpaired) electrons. The summed E-state index contributed by atoms with van der Waals surface area (Å²) in [5.74, 6) is 3.59. The van der Waals surface area contributed by atoms with Crippen LogP contribution in [-0.4, -0.2) is 8.07 Å². The molecule has 21 heavy (non-hydrogen) atoms. The van der Waals surface area contributed by atoms with Crippen LogP contribution in [0, 0.1) is 11.5 Å². The zero-order valence-corrected chi connectivity index (χ0v) is 14.5. The fourth-order valence-corrected chi connectivity index (χ4v) is 3.20. The van der Waals surface area contributed by atoms with Gasteiger partial charge in [-0.1, -0.05) is 74.1 Å². The van der Waals surface area contributed by atoms with Crippen LogP contribution < -0.4 is 0 Å². The Hall–Kier alpha value is -1.78. The highest BCUT2D eigenvalue weighted by Gasteiger charge is 2.25. The SMILES string of the molecule is C=CC[C@](C)(C#C[Si](C)(C)C)c1cccc2ccccc12. The van der Waals surface area contributed by atoms with E-state index in [2.05, 4.69) is 87.1 Å². The van der Waals surface area contributed by atoms with E-state index in [0.717, 1.165) is 6.42 Å². The molecule has 2 rings (SSSR count). The number of hydrogen-bond acceptors (Lipinski definition) is 0. The molecular formula is C20H24Si. The van der Waals surface area contributed by atoms with Gasteiger partial charge in [0.25, 0.3) is 0 Å². The zero-order chi connectivity index (χ0) is 15.5. The second kappa shape index (κ2) is 5.91. The Balaban J connectivity index is 2.64. The average molecular weight is 292 g/mol. The topological polar surface area (TPSA) is 0 Å². The summed E-state index contributed by atoms with van der Waals surface area (Å²) in [6, 6.07) is 15.1. The van der Waals surface area contributed by atoms with E-state index in [9.17, 15) is 0 Å². The van der Waals surface area contributed by atoms with Gasteiger partial charge in [0.1, 0.15) is 8.07 Å². The van der Waals surface area contributed by atoms with E-state index in [1.165, 1.54) is 16.3 Å². The number of fused-ring (bicyclic) bond motifs is 1. The third-order valence-corrected chi connectivity index (χ3v) is 4.53. The molecule has 0 unspecified atom stereocenters. The lowest BCUT2D eigenvalue weighted by molar-refractivity contribution is 0.637. The van der Waals surface area contributed by atoms with Crippen molar-refractivity contribution in [3.05, 3.63) is 60.7 Å². The van der Waals surface area contributed by atoms with Gasteiger partial charge in [0, 0.05) is 0 Å². The van der Waals surface area contributed by atoms with E-state index < -0.39 is 8.07 Å². The predicted octanol–water partition coefficient (Wildman–Crippen LogP) is 5.55. The second-order valence-electron chi connectivity index (χ2n) is 6.85. The second-order valence-corrected chi connectivity index (χ2v) is 11.6. The monoisotopic (exact) mass is 292 g/mol. The summed E-state index contributed by atoms with van der Waals surface area (Å²) < 4.78 is 0. The minimum atomic E-state index is -1.39. The van der Waals surface area contributed by atoms with Crippen molar-refractivity contribution in [1.29, 1.82) is 0 Å². The molecule has 0 aliphatic heterocycles. The van der Waals surface area contributed by atoms with Crippen LogP contribution in [0.1, 0.15) is 18.9 Å². The summed E-state index contributed by atoms with van der Waals surface area (Å²) in [4.78, 5) is 0. The lowest BCUT2D eigenvalue weighted by atomic mass is 9.78. The quantitative estimate of drug-likeness (QED) is 0.395. The van der Waals surface area contributed by atoms with Gasteiger partial charge in [-0.3, -0.25) is 0 Å². The third-order valence-electron chi connectivity index (χ3n) is 3.65. The van der Waals surface area contributed by atoms with Gasteiger partial charge in [-0.25, -0.2) is 0 Å². The van der Waals surface area contributed by atoms with E-state index in [1.807, 2.05) is 6.08 Å². The lowest BCUT2D eigenvalue weighted by Gasteiger charge is -2.25. The molecule has 2 aromatic rings. The van der Waals surface area contributed by atoms with Gasteiger partial charge < -0.3 is 0 Å². The molecule has 0 spiro atoms. The van der Waals surface area contributed by atoms with Gasteiger partial charge in [0.05, 0.1) is 5.41 Å². The third kappa shape index (κ3) is 3.65. The summed E-state index contributed by atoms with van der Waals surface area (Å²) in [5.41, 5.74) is 4.70. The Labute approximate surface area is 129 Å². The number of rotatable bonds is 3. The molecule has 0 fully saturated rings. The Kier molecular flexibility index (Phi) is 4.39. The Morgan fingerprint density at radius 2 is 1.76 bits per heavy atom. The van der Waals surface area contributed by atoms with Crippen molar-refractivity contribution in [3.63, 3.8) is 0 Å². The fraction of sp³-hybridized carbons (Fsp3) is 0.300. The zero-order valence-electron chi connectivity index (χ0n) is 13.5. The molecule has 0 aliphatic carbocycles. The van der Waals surface area contributed by atoms with Crippen LogP contribution in [0.25, 0.3) is 10.8 Å². The maximum Gasteiger partial charge on any atom is 0.129 e. The molecular weight excluding hydrogens is 268 g/mol. The van der Waals surface area contributed by atoms with Crippen LogP contribution in [0.2, 0.25) is 19.6 Å². The van der Waals surface area contributed by atoms with Crippen LogP contribution in [0.3, 0.4) is 0 Å². The number of hydrogen-bond donors (Lipinski definition) is 0. The highest BCUT2D eigenvalue weighted by molar-refractivity contribution is 6.83. The predicted molar refractivity (Wildman–Crippen MR) is 97.2 cm³/mol. The molecule has 108 valence electrons. The fourth-order valence-electron chi connectivity index (χ4n) is 2.55. The van der Waals surface area contributed by atoms with Gasteiger partial charge in [0.2, 0.25) is 0 Å². The Morgan fingerprint density at radius 3 is 2.43 bits per heavy atom. The first kappa shape index (κ1) is 15.6. The van der Waals surface area contributed by atoms with E-state index in [0.29, 0.717) is 0 Å². The van der Waals surface area contributed by atoms with E-state index in [1.54, 1.807) is 0 Å². The highest BCUT2D eigenvalue weighted by Crippen LogP contribution is 2.33. The normalized spacial score (nSPS) is 14.1. The molecule has 0 saturated heterocycles. The first-order valence-electron chi connectivity index (χ1n) is 7.49. The minimum absolute atomic E-state index is 0.164. The summed E-state index contributed by atoms with van der Waals surface area (Å²) >= 11 is 0. The number of allylic oxidation sites excluding steroid dienone is 1. The van der Waals surface area contributed by atoms with Crippen LogP contribution in [-0.2, 0) is 5.41 Å². The van der Waals surface area contributed by atoms with Gasteiger partial charge >= 0.3 is 0 Å². The highest BCUT2D eigenvalue weighted by atomic mass is 28.3. The van der Waals surface area contributed by atoms with Gasteiger partial charge in [-0.2, -0.15) is 0 Å². The average Bonchev–Trinajstić information content (AvgIpc) is 2.44. The minimum Gasteiger partial charge on any atom is -0.131 e. The molecule has 0 aromatic heterocycles. The van der Waals surface area contributed by atoms with Crippen molar-refractivity contribution < 1.29 is 0 Å². The standard InChI is InChI=1S/C20H24Si/c1-6-14-20(2,15-16-21(3,4)5)19-13-9-11-17-10-7-8-12-18(17)19/h6-13H,1,14H2,2-5H3/t20-/m1/s1. The summed E-state index contributed by atoms with van der Waals surface area (Å²) in [6.45, 7) is 13.0. The van der Waals surface area contributed by atoms with Crippen molar-refractivity contribution in [2.75, 3.05) is 0 Å². The smallest absolute Gasteiger partial charge is 0.129 e. The molecule has 0 aliphatic rings. The molecule has 0 heterocycles. The van der Waals surface area contributed by atoms with Crippen LogP contribution in [0.4, 0.5) is 0 Å². The molecule has 0 bridgehead atoms. The van der Waals surface area contributed by atoms with Gasteiger partial charge in [-0.15, -0.1) is 12.1 Å². The molecule has 1 heteroatoms. The maximum absolute atomic E-state index is 3.94. The van der Waals surface area contributed by atoms with E-state index in [4.69, 9.17) is 0 Å². The number of benzene rings is 2. The molecule has 0 nitrogen and oxygen atoms in total. The van der Waals surface area contributed by atoms with Crippen LogP contribution in [0.5, 0.6) is 0 Å². The lowest BCUT2D eigenvalue weighted by Crippen LogP contribution is -2.23. The molecule has 2 aromatic carbocycles. The van der Waals surface area contributed by atoms with Crippen LogP contribution >= 0.6 is 0 Å². The van der Waals surface area contributed by atoms with Crippen molar-refractivity contribution >= 4 is 18.8 Å². The first-order chi connectivity index (χ1) is 9.86. The van der Waals surface area contributed by atoms with E-state index >= 15 is 0 Å². The largest absolute Gasteiger partial charge is 0.131 e. The van der Waals surface area contributed by atoms with Crippen LogP contribution in [0.15, 0.2) is 55.1 Å². The maximum atomic E-state index is 3.94. The Morgan fingerprint density at radius 1 is 1.10 bits per heavy atom. The van der Waals surface area contributed by atoms with Crippen molar-refractivity contribution in [2.45, 2.75) is 38.4 Å². The molecule has 1 atom stereocenters. The first-order valence-corrected chi connectivity index (χ1v) is 11.0. The van der Waals surface area contributed by atoms with Crippen molar-refractivity contribution in [1.82, 2.24) is 0 Å². The summed E-state index contributed by atoms with van der Waals surface area (Å²) in [7, 11) is -1.39. The Bertz CT molecular complexity index is 704. The molecule has 0 saturated carbocycles. The molecule has 0 N–H and O–H groups in total. The summed E-state index contributed by atoms with van der Waals surface area (Å²) in [5, 5.41) is 2.58. The van der Waals surface area contributed by atoms with Crippen molar-refractivity contribution in [3.8, 4) is 11.5 Å². The molecule has 0 amide bonds. The van der Waals surface area contributed by atoms with Gasteiger partial charge in [-0.05, 0) is 29.7 Å². The van der Waals surface area contributed by atoms with E-state index in [-0.39, 0.29) is 5.41 Å². The summed E-state index contributed by atoms with van der Waals surface area (Å²) in [6.07, 6.45) is 2.86. The van der Waals surface area contributed by atoms with Gasteiger partial charge in [0.15, 0.2) is 0 Å². The van der Waals surface area contributed by atoms with Crippen molar-refractivity contribution in [2.24, 2.45) is 0 Å².